The van der Waals surface area contributed by atoms with Gasteiger partial charge in [0.25, 0.3) is 0 Å². The van der Waals surface area contributed by atoms with Gasteiger partial charge >= 0.3 is 0 Å². The lowest BCUT2D eigenvalue weighted by Gasteiger charge is -2.10. The fourth-order valence-electron chi connectivity index (χ4n) is 2.03. The lowest BCUT2D eigenvalue weighted by molar-refractivity contribution is -0.124. The number of hydrogen-bond donors (Lipinski definition) is 3. The Labute approximate surface area is 117 Å². The Bertz CT molecular complexity index is 596. The molecule has 20 heavy (non-hydrogen) atoms. The molecule has 0 radical (unpaired) electrons. The van der Waals surface area contributed by atoms with E-state index in [0.717, 1.165) is 11.3 Å². The number of nitrogens with zero attached hydrogens (tertiary/aromatic N) is 1. The molecule has 0 saturated carbocycles. The normalized spacial score (nSPS) is 12.6. The molecule has 1 aromatic carbocycles. The van der Waals surface area contributed by atoms with Crippen LogP contribution in [0.15, 0.2) is 18.2 Å². The standard InChI is InChI=1S/C14H19FN4O/c1-9(8-16-2)14(20)17-6-5-13-18-11-4-3-10(15)7-12(11)19-13/h3-4,7,9,16H,5-6,8H2,1-2H3,(H,17,20)(H,18,19). The molecule has 0 aliphatic carbocycles. The fourth-order valence-corrected chi connectivity index (χ4v) is 2.03. The quantitative estimate of drug-likeness (QED) is 0.744. The first-order chi connectivity index (χ1) is 9.60. The zero-order valence-corrected chi connectivity index (χ0v) is 11.7. The summed E-state index contributed by atoms with van der Waals surface area (Å²) in [6.07, 6.45) is 0.592. The van der Waals surface area contributed by atoms with Gasteiger partial charge in [-0.25, -0.2) is 9.37 Å². The molecule has 1 unspecified atom stereocenters. The number of benzene rings is 1. The molecule has 5 nitrogen and oxygen atoms in total. The lowest BCUT2D eigenvalue weighted by atomic mass is 10.1. The third kappa shape index (κ3) is 3.54. The summed E-state index contributed by atoms with van der Waals surface area (Å²) in [5.41, 5.74) is 1.41. The van der Waals surface area contributed by atoms with E-state index < -0.39 is 0 Å². The van der Waals surface area contributed by atoms with Gasteiger partial charge < -0.3 is 15.6 Å². The molecule has 2 aromatic rings. The van der Waals surface area contributed by atoms with Gasteiger partial charge in [-0.05, 0) is 25.2 Å². The van der Waals surface area contributed by atoms with Crippen molar-refractivity contribution in [1.82, 2.24) is 20.6 Å². The molecule has 1 atom stereocenters. The predicted molar refractivity (Wildman–Crippen MR) is 75.9 cm³/mol. The van der Waals surface area contributed by atoms with Crippen LogP contribution in [-0.4, -0.2) is 36.0 Å². The maximum Gasteiger partial charge on any atom is 0.224 e. The number of hydrogen-bond acceptors (Lipinski definition) is 3. The number of carbonyl (C=O) groups is 1. The Morgan fingerprint density at radius 1 is 1.50 bits per heavy atom. The maximum absolute atomic E-state index is 13.1. The Morgan fingerprint density at radius 3 is 3.05 bits per heavy atom. The van der Waals surface area contributed by atoms with Crippen molar-refractivity contribution >= 4 is 16.9 Å². The highest BCUT2D eigenvalue weighted by molar-refractivity contribution is 5.78. The van der Waals surface area contributed by atoms with Gasteiger partial charge in [-0.2, -0.15) is 0 Å². The Hall–Kier alpha value is -1.95. The molecule has 0 saturated heterocycles. The summed E-state index contributed by atoms with van der Waals surface area (Å²) in [4.78, 5) is 19.1. The number of imidazole rings is 1. The molecule has 108 valence electrons. The number of nitrogens with one attached hydrogen (secondary N) is 3. The highest BCUT2D eigenvalue weighted by atomic mass is 19.1. The van der Waals surface area contributed by atoms with Crippen LogP contribution in [0, 0.1) is 11.7 Å². The number of fused-ring (bicyclic) bond motifs is 1. The minimum atomic E-state index is -0.290. The zero-order chi connectivity index (χ0) is 14.5. The van der Waals surface area contributed by atoms with Gasteiger partial charge in [-0.3, -0.25) is 4.79 Å². The molecule has 3 N–H and O–H groups in total. The van der Waals surface area contributed by atoms with Crippen molar-refractivity contribution in [1.29, 1.82) is 0 Å². The molecular formula is C14H19FN4O. The number of carbonyl (C=O) groups excluding carboxylic acids is 1. The van der Waals surface area contributed by atoms with Gasteiger partial charge in [0, 0.05) is 25.4 Å². The molecular weight excluding hydrogens is 259 g/mol. The monoisotopic (exact) mass is 278 g/mol. The molecule has 0 aliphatic rings. The molecule has 1 heterocycles. The largest absolute Gasteiger partial charge is 0.355 e. The number of halogens is 1. The van der Waals surface area contributed by atoms with Crippen molar-refractivity contribution in [3.05, 3.63) is 29.8 Å². The van der Waals surface area contributed by atoms with E-state index in [2.05, 4.69) is 20.6 Å². The summed E-state index contributed by atoms with van der Waals surface area (Å²) in [6.45, 7) is 3.03. The predicted octanol–water partition coefficient (Wildman–Crippen LogP) is 1.22. The van der Waals surface area contributed by atoms with E-state index in [1.165, 1.54) is 12.1 Å². The Morgan fingerprint density at radius 2 is 2.30 bits per heavy atom. The minimum absolute atomic E-state index is 0.0153. The van der Waals surface area contributed by atoms with E-state index in [-0.39, 0.29) is 17.6 Å². The molecule has 1 aromatic heterocycles. The van der Waals surface area contributed by atoms with E-state index >= 15 is 0 Å². The SMILES string of the molecule is CNCC(C)C(=O)NCCc1nc2ccc(F)cc2[nH]1. The maximum atomic E-state index is 13.1. The van der Waals surface area contributed by atoms with Gasteiger partial charge in [0.15, 0.2) is 0 Å². The van der Waals surface area contributed by atoms with Crippen molar-refractivity contribution in [2.45, 2.75) is 13.3 Å². The average Bonchev–Trinajstić information content (AvgIpc) is 2.80. The van der Waals surface area contributed by atoms with Crippen LogP contribution in [0.25, 0.3) is 11.0 Å². The molecule has 2 rings (SSSR count). The summed E-state index contributed by atoms with van der Waals surface area (Å²) in [7, 11) is 1.82. The second-order valence-corrected chi connectivity index (χ2v) is 4.84. The summed E-state index contributed by atoms with van der Waals surface area (Å²) in [6, 6.07) is 4.44. The zero-order valence-electron chi connectivity index (χ0n) is 11.7. The van der Waals surface area contributed by atoms with E-state index in [1.807, 2.05) is 14.0 Å². The van der Waals surface area contributed by atoms with Crippen LogP contribution in [0.1, 0.15) is 12.7 Å². The number of H-pyrrole nitrogens is 1. The second kappa shape index (κ2) is 6.47. The molecule has 0 fully saturated rings. The van der Waals surface area contributed by atoms with Gasteiger partial charge in [0.1, 0.15) is 11.6 Å². The molecule has 1 amide bonds. The third-order valence-corrected chi connectivity index (χ3v) is 3.11. The fraction of sp³-hybridized carbons (Fsp3) is 0.429. The number of amides is 1. The van der Waals surface area contributed by atoms with Crippen LogP contribution in [0.3, 0.4) is 0 Å². The number of aromatic amines is 1. The van der Waals surface area contributed by atoms with Crippen LogP contribution in [0.2, 0.25) is 0 Å². The number of rotatable bonds is 6. The van der Waals surface area contributed by atoms with Crippen LogP contribution in [0.4, 0.5) is 4.39 Å². The number of aromatic nitrogens is 2. The van der Waals surface area contributed by atoms with E-state index in [1.54, 1.807) is 6.07 Å². The van der Waals surface area contributed by atoms with Crippen molar-refractivity contribution in [3.63, 3.8) is 0 Å². The van der Waals surface area contributed by atoms with Crippen LogP contribution < -0.4 is 10.6 Å². The first-order valence-corrected chi connectivity index (χ1v) is 6.66. The molecule has 0 bridgehead atoms. The summed E-state index contributed by atoms with van der Waals surface area (Å²) in [5.74, 6) is 0.403. The van der Waals surface area contributed by atoms with Gasteiger partial charge in [0.2, 0.25) is 5.91 Å². The highest BCUT2D eigenvalue weighted by Gasteiger charge is 2.11. The first-order valence-electron chi connectivity index (χ1n) is 6.66. The average molecular weight is 278 g/mol. The minimum Gasteiger partial charge on any atom is -0.355 e. The van der Waals surface area contributed by atoms with Gasteiger partial charge in [0.05, 0.1) is 11.0 Å². The highest BCUT2D eigenvalue weighted by Crippen LogP contribution is 2.12. The third-order valence-electron chi connectivity index (χ3n) is 3.11. The van der Waals surface area contributed by atoms with Crippen LogP contribution in [0.5, 0.6) is 0 Å². The van der Waals surface area contributed by atoms with E-state index in [9.17, 15) is 9.18 Å². The van der Waals surface area contributed by atoms with Crippen LogP contribution in [-0.2, 0) is 11.2 Å². The van der Waals surface area contributed by atoms with Gasteiger partial charge in [-0.15, -0.1) is 0 Å². The first kappa shape index (κ1) is 14.5. The smallest absolute Gasteiger partial charge is 0.224 e. The van der Waals surface area contributed by atoms with Gasteiger partial charge in [-0.1, -0.05) is 6.92 Å². The van der Waals surface area contributed by atoms with Crippen molar-refractivity contribution in [2.24, 2.45) is 5.92 Å². The van der Waals surface area contributed by atoms with Crippen molar-refractivity contribution < 1.29 is 9.18 Å². The Kier molecular flexibility index (Phi) is 4.68. The second-order valence-electron chi connectivity index (χ2n) is 4.84. The van der Waals surface area contributed by atoms with E-state index in [4.69, 9.17) is 0 Å². The summed E-state index contributed by atoms with van der Waals surface area (Å²) < 4.78 is 13.1. The van der Waals surface area contributed by atoms with Crippen molar-refractivity contribution in [2.75, 3.05) is 20.1 Å². The Balaban J connectivity index is 1.88. The van der Waals surface area contributed by atoms with Crippen LogP contribution >= 0.6 is 0 Å². The molecule has 6 heteroatoms. The molecule has 0 aliphatic heterocycles. The topological polar surface area (TPSA) is 69.8 Å². The summed E-state index contributed by atoms with van der Waals surface area (Å²) in [5, 5.41) is 5.82. The van der Waals surface area contributed by atoms with E-state index in [0.29, 0.717) is 25.0 Å². The van der Waals surface area contributed by atoms with Crippen molar-refractivity contribution in [3.8, 4) is 0 Å². The summed E-state index contributed by atoms with van der Waals surface area (Å²) >= 11 is 0. The lowest BCUT2D eigenvalue weighted by Crippen LogP contribution is -2.35. The molecule has 0 spiro atoms.